The molecule has 9 nitrogen and oxygen atoms in total. The number of aryl methyl sites for hydroxylation is 4. The molecular formula is C30H29N7O2. The maximum Gasteiger partial charge on any atom is 0.322 e. The van der Waals surface area contributed by atoms with E-state index in [1.165, 1.54) is 6.33 Å². The molecule has 3 heterocycles. The monoisotopic (exact) mass is 519 g/mol. The lowest BCUT2D eigenvalue weighted by atomic mass is 9.93. The van der Waals surface area contributed by atoms with Gasteiger partial charge in [-0.1, -0.05) is 18.7 Å². The zero-order valence-electron chi connectivity index (χ0n) is 22.5. The summed E-state index contributed by atoms with van der Waals surface area (Å²) < 4.78 is 7.90. The summed E-state index contributed by atoms with van der Waals surface area (Å²) in [6.07, 6.45) is 3.14. The first kappa shape index (κ1) is 25.6. The molecule has 0 aliphatic rings. The minimum absolute atomic E-state index is 0.215. The molecule has 0 unspecified atom stereocenters. The van der Waals surface area contributed by atoms with Crippen molar-refractivity contribution in [2.75, 3.05) is 11.1 Å². The molecule has 3 N–H and O–H groups in total. The Hall–Kier alpha value is -5.05. The van der Waals surface area contributed by atoms with Gasteiger partial charge in [-0.3, -0.25) is 4.79 Å². The van der Waals surface area contributed by atoms with E-state index < -0.39 is 0 Å². The van der Waals surface area contributed by atoms with Gasteiger partial charge in [-0.05, 0) is 74.7 Å². The minimum atomic E-state index is -0.215. The number of amides is 1. The van der Waals surface area contributed by atoms with Crippen molar-refractivity contribution < 1.29 is 9.53 Å². The van der Waals surface area contributed by atoms with E-state index in [4.69, 9.17) is 10.5 Å². The van der Waals surface area contributed by atoms with Crippen LogP contribution in [0.25, 0.3) is 33.4 Å². The highest BCUT2D eigenvalue weighted by Crippen LogP contribution is 2.44. The number of carbonyl (C=O) groups is 1. The lowest BCUT2D eigenvalue weighted by molar-refractivity contribution is -0.112. The lowest BCUT2D eigenvalue weighted by Crippen LogP contribution is -2.12. The summed E-state index contributed by atoms with van der Waals surface area (Å²) in [6, 6.07) is 13.7. The van der Waals surface area contributed by atoms with E-state index >= 15 is 0 Å². The van der Waals surface area contributed by atoms with Gasteiger partial charge in [0.15, 0.2) is 0 Å². The van der Waals surface area contributed by atoms with E-state index in [1.54, 1.807) is 13.1 Å². The summed E-state index contributed by atoms with van der Waals surface area (Å²) in [4.78, 5) is 29.6. The third-order valence-corrected chi connectivity index (χ3v) is 6.54. The Labute approximate surface area is 226 Å². The van der Waals surface area contributed by atoms with Crippen LogP contribution in [0, 0.1) is 20.8 Å². The first-order chi connectivity index (χ1) is 18.6. The normalized spacial score (nSPS) is 11.0. The van der Waals surface area contributed by atoms with Crippen molar-refractivity contribution >= 4 is 28.4 Å². The summed E-state index contributed by atoms with van der Waals surface area (Å²) in [7, 11) is 1.97. The topological polar surface area (TPSA) is 121 Å². The van der Waals surface area contributed by atoms with Gasteiger partial charge in [0.05, 0.1) is 11.1 Å². The fourth-order valence-electron chi connectivity index (χ4n) is 4.77. The van der Waals surface area contributed by atoms with Crippen molar-refractivity contribution in [2.45, 2.75) is 27.7 Å². The largest absolute Gasteiger partial charge is 0.424 e. The van der Waals surface area contributed by atoms with Crippen LogP contribution >= 0.6 is 0 Å². The maximum atomic E-state index is 12.2. The number of nitrogen functional groups attached to an aromatic ring is 1. The molecule has 2 aromatic carbocycles. The second-order valence-corrected chi connectivity index (χ2v) is 9.57. The van der Waals surface area contributed by atoms with Gasteiger partial charge in [0.25, 0.3) is 5.91 Å². The average Bonchev–Trinajstić information content (AvgIpc) is 3.17. The SMILES string of the molecule is C=C(C)C(=O)Nc1cc(C)c(-c2c(-c3ccc(Oc4nccc(C)n4)cc3)c3c(N)ncnc3n2C)c(C)c1. The Morgan fingerprint density at radius 3 is 2.33 bits per heavy atom. The van der Waals surface area contributed by atoms with E-state index in [0.29, 0.717) is 22.8 Å². The smallest absolute Gasteiger partial charge is 0.322 e. The van der Waals surface area contributed by atoms with Crippen molar-refractivity contribution in [3.63, 3.8) is 0 Å². The Morgan fingerprint density at radius 2 is 1.69 bits per heavy atom. The number of carbonyl (C=O) groups excluding carboxylic acids is 1. The molecule has 196 valence electrons. The fourth-order valence-corrected chi connectivity index (χ4v) is 4.77. The number of ether oxygens (including phenoxy) is 1. The van der Waals surface area contributed by atoms with Gasteiger partial charge < -0.3 is 20.4 Å². The van der Waals surface area contributed by atoms with Crippen LogP contribution in [0.3, 0.4) is 0 Å². The van der Waals surface area contributed by atoms with E-state index in [0.717, 1.165) is 50.2 Å². The number of rotatable bonds is 6. The van der Waals surface area contributed by atoms with Crippen LogP contribution in [0.15, 0.2) is 67.1 Å². The number of nitrogens with one attached hydrogen (secondary N) is 1. The van der Waals surface area contributed by atoms with E-state index in [-0.39, 0.29) is 11.9 Å². The van der Waals surface area contributed by atoms with E-state index in [2.05, 4.69) is 31.8 Å². The third-order valence-electron chi connectivity index (χ3n) is 6.54. The first-order valence-corrected chi connectivity index (χ1v) is 12.4. The molecule has 0 atom stereocenters. The third kappa shape index (κ3) is 4.82. The molecule has 0 fully saturated rings. The molecule has 0 aliphatic carbocycles. The standard InChI is InChI=1S/C30H29N7O2/c1-16(2)29(38)36-21-13-17(3)23(18(4)14-21)26-24(25-27(31)33-15-34-28(25)37(26)6)20-7-9-22(10-8-20)39-30-32-12-11-19(5)35-30/h7-15H,1H2,2-6H3,(H,36,38)(H2,31,33,34). The van der Waals surface area contributed by atoms with Crippen LogP contribution < -0.4 is 15.8 Å². The molecule has 0 aliphatic heterocycles. The summed E-state index contributed by atoms with van der Waals surface area (Å²) in [5, 5.41) is 3.68. The first-order valence-electron chi connectivity index (χ1n) is 12.4. The van der Waals surface area contributed by atoms with E-state index in [1.807, 2.05) is 74.9 Å². The number of nitrogens with zero attached hydrogens (tertiary/aromatic N) is 5. The number of hydrogen-bond acceptors (Lipinski definition) is 7. The van der Waals surface area contributed by atoms with Crippen LogP contribution in [-0.4, -0.2) is 30.4 Å². The number of aromatic nitrogens is 5. The molecule has 0 saturated heterocycles. The van der Waals surface area contributed by atoms with Gasteiger partial charge in [0.1, 0.15) is 23.5 Å². The molecule has 1 amide bonds. The van der Waals surface area contributed by atoms with Crippen LogP contribution in [0.5, 0.6) is 11.8 Å². The average molecular weight is 520 g/mol. The van der Waals surface area contributed by atoms with Crippen LogP contribution in [-0.2, 0) is 11.8 Å². The van der Waals surface area contributed by atoms with Gasteiger partial charge in [-0.2, -0.15) is 0 Å². The van der Waals surface area contributed by atoms with Gasteiger partial charge in [0.2, 0.25) is 0 Å². The van der Waals surface area contributed by atoms with Crippen molar-refractivity contribution in [2.24, 2.45) is 7.05 Å². The molecule has 0 radical (unpaired) electrons. The molecule has 9 heteroatoms. The van der Waals surface area contributed by atoms with Gasteiger partial charge in [0, 0.05) is 41.3 Å². The van der Waals surface area contributed by atoms with Crippen molar-refractivity contribution in [1.82, 2.24) is 24.5 Å². The summed E-state index contributed by atoms with van der Waals surface area (Å²) in [5.74, 6) is 0.791. The number of anilines is 2. The quantitative estimate of drug-likeness (QED) is 0.268. The van der Waals surface area contributed by atoms with Crippen molar-refractivity contribution in [1.29, 1.82) is 0 Å². The Balaban J connectivity index is 1.65. The maximum absolute atomic E-state index is 12.2. The Morgan fingerprint density at radius 1 is 1.00 bits per heavy atom. The zero-order chi connectivity index (χ0) is 27.8. The second-order valence-electron chi connectivity index (χ2n) is 9.57. The molecule has 0 saturated carbocycles. The molecule has 3 aromatic heterocycles. The highest BCUT2D eigenvalue weighted by Gasteiger charge is 2.24. The summed E-state index contributed by atoms with van der Waals surface area (Å²) in [5.41, 5.74) is 14.9. The van der Waals surface area contributed by atoms with Crippen LogP contribution in [0.2, 0.25) is 0 Å². The number of fused-ring (bicyclic) bond motifs is 1. The highest BCUT2D eigenvalue weighted by molar-refractivity contribution is 6.09. The minimum Gasteiger partial charge on any atom is -0.424 e. The van der Waals surface area contributed by atoms with Crippen LogP contribution in [0.4, 0.5) is 11.5 Å². The number of nitrogens with two attached hydrogens (primary N) is 1. The number of hydrogen-bond donors (Lipinski definition) is 2. The molecule has 5 aromatic rings. The highest BCUT2D eigenvalue weighted by atomic mass is 16.5. The molecule has 5 rings (SSSR count). The molecular weight excluding hydrogens is 490 g/mol. The van der Waals surface area contributed by atoms with Gasteiger partial charge in [-0.25, -0.2) is 19.9 Å². The fraction of sp³-hybridized carbons (Fsp3) is 0.167. The van der Waals surface area contributed by atoms with Crippen LogP contribution in [0.1, 0.15) is 23.7 Å². The predicted octanol–water partition coefficient (Wildman–Crippen LogP) is 5.91. The summed E-state index contributed by atoms with van der Waals surface area (Å²) >= 11 is 0. The molecule has 0 spiro atoms. The van der Waals surface area contributed by atoms with E-state index in [9.17, 15) is 4.79 Å². The Kier molecular flexibility index (Phi) is 6.57. The zero-order valence-corrected chi connectivity index (χ0v) is 22.5. The summed E-state index contributed by atoms with van der Waals surface area (Å²) in [6.45, 7) is 11.3. The van der Waals surface area contributed by atoms with Gasteiger partial charge >= 0.3 is 6.01 Å². The Bertz CT molecular complexity index is 1730. The molecule has 39 heavy (non-hydrogen) atoms. The molecule has 0 bridgehead atoms. The predicted molar refractivity (Wildman–Crippen MR) is 154 cm³/mol. The van der Waals surface area contributed by atoms with Gasteiger partial charge in [-0.15, -0.1) is 0 Å². The van der Waals surface area contributed by atoms with Crippen molar-refractivity contribution in [3.05, 3.63) is 84.0 Å². The lowest BCUT2D eigenvalue weighted by Gasteiger charge is -2.17. The second kappa shape index (κ2) is 10.0. The van der Waals surface area contributed by atoms with Crippen molar-refractivity contribution in [3.8, 4) is 34.1 Å². The number of benzene rings is 2.